The van der Waals surface area contributed by atoms with E-state index in [-0.39, 0.29) is 22.8 Å². The lowest BCUT2D eigenvalue weighted by atomic mass is 10.3. The summed E-state index contributed by atoms with van der Waals surface area (Å²) >= 11 is 0. The number of hydrogen-bond acceptors (Lipinski definition) is 4. The van der Waals surface area contributed by atoms with Crippen molar-refractivity contribution in [3.05, 3.63) is 24.3 Å². The zero-order valence-corrected chi connectivity index (χ0v) is 12.9. The van der Waals surface area contributed by atoms with Crippen molar-refractivity contribution in [2.45, 2.75) is 30.7 Å². The predicted molar refractivity (Wildman–Crippen MR) is 79.5 cm³/mol. The normalized spacial score (nSPS) is 16.5. The number of ether oxygens (including phenoxy) is 1. The molecule has 1 aromatic carbocycles. The van der Waals surface area contributed by atoms with Crippen LogP contribution in [0.15, 0.2) is 29.2 Å². The van der Waals surface area contributed by atoms with Gasteiger partial charge in [0, 0.05) is 24.8 Å². The van der Waals surface area contributed by atoms with Crippen molar-refractivity contribution in [3.8, 4) is 0 Å². The van der Waals surface area contributed by atoms with Gasteiger partial charge in [-0.25, -0.2) is 13.1 Å². The average molecular weight is 312 g/mol. The Bertz CT molecular complexity index is 594. The molecule has 1 aromatic rings. The molecule has 0 heterocycles. The van der Waals surface area contributed by atoms with Crippen LogP contribution in [-0.4, -0.2) is 34.1 Å². The summed E-state index contributed by atoms with van der Waals surface area (Å²) in [6.07, 6.45) is 1.86. The van der Waals surface area contributed by atoms with Crippen LogP contribution in [0.2, 0.25) is 0 Å². The van der Waals surface area contributed by atoms with Crippen molar-refractivity contribution < 1.29 is 17.9 Å². The van der Waals surface area contributed by atoms with Crippen molar-refractivity contribution in [1.29, 1.82) is 0 Å². The molecule has 1 aliphatic carbocycles. The van der Waals surface area contributed by atoms with E-state index in [1.807, 2.05) is 0 Å². The summed E-state index contributed by atoms with van der Waals surface area (Å²) in [6, 6.07) is 5.83. The number of nitrogens with one attached hydrogen (secondary N) is 2. The molecule has 0 aromatic heterocycles. The lowest BCUT2D eigenvalue weighted by molar-refractivity contribution is -0.117. The monoisotopic (exact) mass is 312 g/mol. The minimum atomic E-state index is -3.57. The Morgan fingerprint density at radius 1 is 1.33 bits per heavy atom. The Hall–Kier alpha value is -1.44. The number of amides is 1. The largest absolute Gasteiger partial charge is 0.383 e. The number of carbonyl (C=O) groups excluding carboxylic acids is 1. The molecule has 21 heavy (non-hydrogen) atoms. The second kappa shape index (κ2) is 6.55. The molecule has 1 saturated carbocycles. The van der Waals surface area contributed by atoms with E-state index in [2.05, 4.69) is 10.0 Å². The lowest BCUT2D eigenvalue weighted by Gasteiger charge is -2.13. The van der Waals surface area contributed by atoms with Crippen molar-refractivity contribution in [2.75, 3.05) is 19.0 Å². The van der Waals surface area contributed by atoms with Crippen molar-refractivity contribution in [2.24, 2.45) is 5.92 Å². The molecule has 2 rings (SSSR count). The van der Waals surface area contributed by atoms with Crippen LogP contribution < -0.4 is 10.0 Å². The van der Waals surface area contributed by atoms with Crippen LogP contribution in [-0.2, 0) is 19.6 Å². The third kappa shape index (κ3) is 4.52. The van der Waals surface area contributed by atoms with Crippen LogP contribution >= 0.6 is 0 Å². The van der Waals surface area contributed by atoms with E-state index in [1.54, 1.807) is 19.1 Å². The summed E-state index contributed by atoms with van der Waals surface area (Å²) in [7, 11) is -2.06. The number of hydrogen-bond donors (Lipinski definition) is 2. The fourth-order valence-electron chi connectivity index (χ4n) is 1.92. The van der Waals surface area contributed by atoms with E-state index in [0.29, 0.717) is 12.3 Å². The van der Waals surface area contributed by atoms with Gasteiger partial charge in [-0.15, -0.1) is 0 Å². The van der Waals surface area contributed by atoms with Gasteiger partial charge in [0.1, 0.15) is 0 Å². The Labute approximate surface area is 124 Å². The summed E-state index contributed by atoms with van der Waals surface area (Å²) in [5.41, 5.74) is 0.607. The third-order valence-corrected chi connectivity index (χ3v) is 4.76. The minimum Gasteiger partial charge on any atom is -0.383 e. The van der Waals surface area contributed by atoms with Crippen LogP contribution in [0, 0.1) is 5.92 Å². The molecule has 0 spiro atoms. The number of rotatable bonds is 7. The molecule has 1 atom stereocenters. The summed E-state index contributed by atoms with van der Waals surface area (Å²) in [6.45, 7) is 2.03. The first-order chi connectivity index (χ1) is 9.92. The first-order valence-electron chi connectivity index (χ1n) is 6.84. The highest BCUT2D eigenvalue weighted by atomic mass is 32.2. The predicted octanol–water partition coefficient (Wildman–Crippen LogP) is 1.35. The van der Waals surface area contributed by atoms with Gasteiger partial charge in [0.15, 0.2) is 0 Å². The number of benzene rings is 1. The molecule has 0 bridgehead atoms. The van der Waals surface area contributed by atoms with Crippen LogP contribution in [0.25, 0.3) is 0 Å². The number of methoxy groups -OCH3 is 1. The topological polar surface area (TPSA) is 84.5 Å². The Morgan fingerprint density at radius 3 is 2.48 bits per heavy atom. The zero-order valence-electron chi connectivity index (χ0n) is 12.1. The molecule has 116 valence electrons. The van der Waals surface area contributed by atoms with Gasteiger partial charge in [-0.2, -0.15) is 0 Å². The molecule has 2 N–H and O–H groups in total. The first kappa shape index (κ1) is 15.9. The molecular formula is C14H20N2O4S. The van der Waals surface area contributed by atoms with Gasteiger partial charge >= 0.3 is 0 Å². The summed E-state index contributed by atoms with van der Waals surface area (Å²) in [5.74, 6) is 0.113. The Kier molecular flexibility index (Phi) is 4.97. The number of anilines is 1. The number of sulfonamides is 1. The molecular weight excluding hydrogens is 292 g/mol. The SMILES string of the molecule is COCC(C)NS(=O)(=O)c1ccc(NC(=O)C2CC2)cc1. The molecule has 1 amide bonds. The molecule has 1 fully saturated rings. The summed E-state index contributed by atoms with van der Waals surface area (Å²) in [4.78, 5) is 11.8. The highest BCUT2D eigenvalue weighted by Crippen LogP contribution is 2.30. The van der Waals surface area contributed by atoms with Crippen molar-refractivity contribution >= 4 is 21.6 Å². The van der Waals surface area contributed by atoms with E-state index in [4.69, 9.17) is 4.74 Å². The molecule has 0 radical (unpaired) electrons. The van der Waals surface area contributed by atoms with Gasteiger partial charge in [-0.3, -0.25) is 4.79 Å². The first-order valence-corrected chi connectivity index (χ1v) is 8.33. The molecule has 0 aliphatic heterocycles. The fraction of sp³-hybridized carbons (Fsp3) is 0.500. The summed E-state index contributed by atoms with van der Waals surface area (Å²) < 4.78 is 31.7. The quantitative estimate of drug-likeness (QED) is 0.796. The van der Waals surface area contributed by atoms with Crippen LogP contribution in [0.3, 0.4) is 0 Å². The van der Waals surface area contributed by atoms with Gasteiger partial charge in [0.05, 0.1) is 11.5 Å². The van der Waals surface area contributed by atoms with Crippen LogP contribution in [0.5, 0.6) is 0 Å². The third-order valence-electron chi connectivity index (χ3n) is 3.15. The smallest absolute Gasteiger partial charge is 0.240 e. The summed E-state index contributed by atoms with van der Waals surface area (Å²) in [5, 5.41) is 2.77. The van der Waals surface area contributed by atoms with E-state index >= 15 is 0 Å². The van der Waals surface area contributed by atoms with Crippen LogP contribution in [0.1, 0.15) is 19.8 Å². The van der Waals surface area contributed by atoms with Gasteiger partial charge in [0.2, 0.25) is 15.9 Å². The van der Waals surface area contributed by atoms with Gasteiger partial charge in [-0.05, 0) is 44.0 Å². The van der Waals surface area contributed by atoms with E-state index < -0.39 is 10.0 Å². The fourth-order valence-corrected chi connectivity index (χ4v) is 3.15. The van der Waals surface area contributed by atoms with E-state index in [0.717, 1.165) is 12.8 Å². The standard InChI is InChI=1S/C14H20N2O4S/c1-10(9-20-2)16-21(18,19)13-7-5-12(6-8-13)15-14(17)11-3-4-11/h5-8,10-11,16H,3-4,9H2,1-2H3,(H,15,17). The second-order valence-corrected chi connectivity index (χ2v) is 6.98. The molecule has 6 nitrogen and oxygen atoms in total. The Balaban J connectivity index is 2.01. The minimum absolute atomic E-state index is 0.00236. The van der Waals surface area contributed by atoms with E-state index in [1.165, 1.54) is 19.2 Å². The number of carbonyl (C=O) groups is 1. The van der Waals surface area contributed by atoms with E-state index in [9.17, 15) is 13.2 Å². The highest BCUT2D eigenvalue weighted by Gasteiger charge is 2.29. The zero-order chi connectivity index (χ0) is 15.5. The molecule has 1 aliphatic rings. The van der Waals surface area contributed by atoms with Crippen molar-refractivity contribution in [3.63, 3.8) is 0 Å². The second-order valence-electron chi connectivity index (χ2n) is 5.27. The highest BCUT2D eigenvalue weighted by molar-refractivity contribution is 7.89. The maximum Gasteiger partial charge on any atom is 0.240 e. The van der Waals surface area contributed by atoms with Gasteiger partial charge in [0.25, 0.3) is 0 Å². The Morgan fingerprint density at radius 2 is 1.95 bits per heavy atom. The van der Waals surface area contributed by atoms with Gasteiger partial charge < -0.3 is 10.1 Å². The molecule has 0 saturated heterocycles. The van der Waals surface area contributed by atoms with Gasteiger partial charge in [-0.1, -0.05) is 0 Å². The maximum atomic E-state index is 12.1. The van der Waals surface area contributed by atoms with Crippen LogP contribution in [0.4, 0.5) is 5.69 Å². The maximum absolute atomic E-state index is 12.1. The lowest BCUT2D eigenvalue weighted by Crippen LogP contribution is -2.35. The average Bonchev–Trinajstić information content (AvgIpc) is 3.23. The van der Waals surface area contributed by atoms with Crippen molar-refractivity contribution in [1.82, 2.24) is 4.72 Å². The molecule has 7 heteroatoms. The molecule has 1 unspecified atom stereocenters.